The quantitative estimate of drug-likeness (QED) is 0.442. The lowest BCUT2D eigenvalue weighted by atomic mass is 10.2. The van der Waals surface area contributed by atoms with Crippen molar-refractivity contribution in [2.24, 2.45) is 0 Å². The smallest absolute Gasteiger partial charge is 0.261 e. The molecule has 0 aliphatic heterocycles. The monoisotopic (exact) mass is 492 g/mol. The molecule has 1 amide bonds. The summed E-state index contributed by atoms with van der Waals surface area (Å²) < 4.78 is 52.3. The Hall–Kier alpha value is -2.88. The maximum atomic E-state index is 12.6. The first-order valence-electron chi connectivity index (χ1n) is 9.62. The van der Waals surface area contributed by atoms with Crippen molar-refractivity contribution >= 4 is 43.1 Å². The fourth-order valence-corrected chi connectivity index (χ4v) is 5.50. The molecule has 0 bridgehead atoms. The number of anilines is 1. The Morgan fingerprint density at radius 2 is 1.50 bits per heavy atom. The summed E-state index contributed by atoms with van der Waals surface area (Å²) in [5.41, 5.74) is 0.442. The van der Waals surface area contributed by atoms with E-state index in [0.717, 1.165) is 0 Å². The number of hydrogen-bond donors (Lipinski definition) is 2. The normalized spacial score (nSPS) is 11.7. The summed E-state index contributed by atoms with van der Waals surface area (Å²) in [5, 5.41) is 3.00. The Kier molecular flexibility index (Phi) is 7.55. The molecule has 168 valence electrons. The second-order valence-corrected chi connectivity index (χ2v) is 11.1. The molecular formula is C22H21ClN2O5S2. The summed E-state index contributed by atoms with van der Waals surface area (Å²) in [6.07, 6.45) is 0.220. The first-order chi connectivity index (χ1) is 15.2. The number of nitrogens with one attached hydrogen (secondary N) is 2. The van der Waals surface area contributed by atoms with Gasteiger partial charge in [0.2, 0.25) is 0 Å². The van der Waals surface area contributed by atoms with Gasteiger partial charge in [-0.3, -0.25) is 9.52 Å². The maximum Gasteiger partial charge on any atom is 0.261 e. The van der Waals surface area contributed by atoms with Gasteiger partial charge >= 0.3 is 0 Å². The Morgan fingerprint density at radius 1 is 0.812 bits per heavy atom. The van der Waals surface area contributed by atoms with E-state index in [2.05, 4.69) is 10.0 Å². The summed E-state index contributed by atoms with van der Waals surface area (Å²) in [6.45, 7) is 0.128. The minimum Gasteiger partial charge on any atom is -0.352 e. The molecule has 0 saturated heterocycles. The molecule has 3 rings (SSSR count). The van der Waals surface area contributed by atoms with Crippen molar-refractivity contribution in [3.63, 3.8) is 0 Å². The molecule has 0 aliphatic rings. The van der Waals surface area contributed by atoms with Crippen molar-refractivity contribution in [1.82, 2.24) is 5.32 Å². The van der Waals surface area contributed by atoms with E-state index < -0.39 is 25.8 Å². The summed E-state index contributed by atoms with van der Waals surface area (Å²) >= 11 is 5.88. The molecule has 10 heteroatoms. The third-order valence-corrected chi connectivity index (χ3v) is 7.89. The number of rotatable bonds is 9. The topological polar surface area (TPSA) is 109 Å². The van der Waals surface area contributed by atoms with Crippen LogP contribution >= 0.6 is 11.6 Å². The molecule has 0 aromatic heterocycles. The fourth-order valence-electron chi connectivity index (χ4n) is 2.88. The van der Waals surface area contributed by atoms with E-state index in [0.29, 0.717) is 10.7 Å². The van der Waals surface area contributed by atoms with Crippen LogP contribution in [0, 0.1) is 0 Å². The van der Waals surface area contributed by atoms with E-state index in [-0.39, 0.29) is 34.1 Å². The zero-order valence-electron chi connectivity index (χ0n) is 16.9. The average Bonchev–Trinajstić information content (AvgIpc) is 2.77. The Labute approximate surface area is 192 Å². The van der Waals surface area contributed by atoms with Crippen LogP contribution in [0.3, 0.4) is 0 Å². The first-order valence-corrected chi connectivity index (χ1v) is 13.1. The van der Waals surface area contributed by atoms with Crippen LogP contribution in [-0.4, -0.2) is 35.0 Å². The molecule has 0 aliphatic carbocycles. The van der Waals surface area contributed by atoms with Crippen LogP contribution in [0.5, 0.6) is 0 Å². The van der Waals surface area contributed by atoms with Crippen LogP contribution in [-0.2, 0) is 19.9 Å². The van der Waals surface area contributed by atoms with Crippen molar-refractivity contribution in [2.75, 3.05) is 17.0 Å². The molecule has 0 radical (unpaired) electrons. The van der Waals surface area contributed by atoms with Crippen molar-refractivity contribution in [3.05, 3.63) is 89.4 Å². The highest BCUT2D eigenvalue weighted by Crippen LogP contribution is 2.20. The van der Waals surface area contributed by atoms with Crippen LogP contribution in [0.4, 0.5) is 5.69 Å². The number of sulfone groups is 1. The predicted molar refractivity (Wildman–Crippen MR) is 124 cm³/mol. The predicted octanol–water partition coefficient (Wildman–Crippen LogP) is 3.73. The average molecular weight is 493 g/mol. The maximum absolute atomic E-state index is 12.6. The van der Waals surface area contributed by atoms with E-state index in [9.17, 15) is 21.6 Å². The molecule has 3 aromatic rings. The lowest BCUT2D eigenvalue weighted by Crippen LogP contribution is -2.26. The molecule has 7 nitrogen and oxygen atoms in total. The van der Waals surface area contributed by atoms with Gasteiger partial charge in [-0.1, -0.05) is 41.9 Å². The number of benzene rings is 3. The second-order valence-electron chi connectivity index (χ2n) is 6.89. The summed E-state index contributed by atoms with van der Waals surface area (Å²) in [6, 6.07) is 19.9. The van der Waals surface area contributed by atoms with E-state index in [1.807, 2.05) is 0 Å². The number of sulfonamides is 1. The van der Waals surface area contributed by atoms with Gasteiger partial charge in [0.25, 0.3) is 15.9 Å². The molecule has 0 heterocycles. The fraction of sp³-hybridized carbons (Fsp3) is 0.136. The number of amides is 1. The number of carbonyl (C=O) groups is 1. The summed E-state index contributed by atoms with van der Waals surface area (Å²) in [7, 11) is -7.36. The van der Waals surface area contributed by atoms with Crippen molar-refractivity contribution in [3.8, 4) is 0 Å². The van der Waals surface area contributed by atoms with E-state index in [4.69, 9.17) is 11.6 Å². The molecule has 2 N–H and O–H groups in total. The summed E-state index contributed by atoms with van der Waals surface area (Å²) in [5.74, 6) is -0.614. The lowest BCUT2D eigenvalue weighted by molar-refractivity contribution is 0.0953. The van der Waals surface area contributed by atoms with Crippen LogP contribution in [0.1, 0.15) is 16.8 Å². The molecule has 0 fully saturated rings. The molecule has 0 spiro atoms. The Bertz CT molecular complexity index is 1310. The standard InChI is InChI=1S/C22H21ClN2O5S2/c23-18-8-5-9-19(16-18)25-32(29,30)21-12-4-7-17(15-21)22(26)24-13-6-14-31(27,28)20-10-2-1-3-11-20/h1-5,7-12,15-16,25H,6,13-14H2,(H,24,26). The van der Waals surface area contributed by atoms with Crippen LogP contribution in [0.2, 0.25) is 5.02 Å². The van der Waals surface area contributed by atoms with Crippen LogP contribution in [0.25, 0.3) is 0 Å². The highest BCUT2D eigenvalue weighted by Gasteiger charge is 2.17. The highest BCUT2D eigenvalue weighted by atomic mass is 35.5. The third kappa shape index (κ3) is 6.32. The van der Waals surface area contributed by atoms with Gasteiger partial charge in [0.1, 0.15) is 0 Å². The first kappa shape index (κ1) is 23.8. The lowest BCUT2D eigenvalue weighted by Gasteiger charge is -2.10. The Morgan fingerprint density at radius 3 is 2.22 bits per heavy atom. The van der Waals surface area contributed by atoms with Gasteiger partial charge in [-0.2, -0.15) is 0 Å². The van der Waals surface area contributed by atoms with Gasteiger partial charge in [-0.15, -0.1) is 0 Å². The molecule has 32 heavy (non-hydrogen) atoms. The summed E-state index contributed by atoms with van der Waals surface area (Å²) in [4.78, 5) is 12.6. The third-order valence-electron chi connectivity index (χ3n) is 4.46. The van der Waals surface area contributed by atoms with Gasteiger partial charge in [0.15, 0.2) is 9.84 Å². The zero-order chi connectivity index (χ0) is 23.2. The van der Waals surface area contributed by atoms with Crippen molar-refractivity contribution in [1.29, 1.82) is 0 Å². The van der Waals surface area contributed by atoms with Crippen molar-refractivity contribution < 1.29 is 21.6 Å². The zero-order valence-corrected chi connectivity index (χ0v) is 19.3. The molecule has 0 saturated carbocycles. The minimum absolute atomic E-state index is 0.0863. The molecular weight excluding hydrogens is 472 g/mol. The van der Waals surface area contributed by atoms with Crippen molar-refractivity contribution in [2.45, 2.75) is 16.2 Å². The van der Waals surface area contributed by atoms with Gasteiger partial charge in [0, 0.05) is 17.1 Å². The number of carbonyl (C=O) groups excluding carboxylic acids is 1. The van der Waals surface area contributed by atoms with Gasteiger partial charge in [-0.05, 0) is 55.0 Å². The SMILES string of the molecule is O=C(NCCCS(=O)(=O)c1ccccc1)c1cccc(S(=O)(=O)Nc2cccc(Cl)c2)c1. The molecule has 0 atom stereocenters. The number of halogens is 1. The minimum atomic E-state index is -3.93. The second kappa shape index (κ2) is 10.2. The molecule has 0 unspecified atom stereocenters. The molecule has 3 aromatic carbocycles. The largest absolute Gasteiger partial charge is 0.352 e. The number of hydrogen-bond acceptors (Lipinski definition) is 5. The van der Waals surface area contributed by atoms with E-state index in [1.54, 1.807) is 36.4 Å². The van der Waals surface area contributed by atoms with Gasteiger partial charge in [-0.25, -0.2) is 16.8 Å². The van der Waals surface area contributed by atoms with Crippen LogP contribution in [0.15, 0.2) is 88.7 Å². The van der Waals surface area contributed by atoms with E-state index >= 15 is 0 Å². The Balaban J connectivity index is 1.60. The highest BCUT2D eigenvalue weighted by molar-refractivity contribution is 7.92. The van der Waals surface area contributed by atoms with E-state index in [1.165, 1.54) is 42.5 Å². The van der Waals surface area contributed by atoms with Crippen LogP contribution < -0.4 is 10.0 Å². The van der Waals surface area contributed by atoms with Gasteiger partial charge < -0.3 is 5.32 Å². The van der Waals surface area contributed by atoms with Gasteiger partial charge in [0.05, 0.1) is 21.2 Å².